The molecule has 18 heavy (non-hydrogen) atoms. The summed E-state index contributed by atoms with van der Waals surface area (Å²) in [4.78, 5) is 12.1. The summed E-state index contributed by atoms with van der Waals surface area (Å²) >= 11 is 0. The van der Waals surface area contributed by atoms with Crippen LogP contribution in [0.4, 0.5) is 5.69 Å². The Morgan fingerprint density at radius 2 is 2.28 bits per heavy atom. The molecule has 1 aromatic carbocycles. The first-order valence-corrected chi connectivity index (χ1v) is 5.98. The van der Waals surface area contributed by atoms with Crippen LogP contribution in [-0.4, -0.2) is 30.3 Å². The van der Waals surface area contributed by atoms with Gasteiger partial charge in [0.1, 0.15) is 5.75 Å². The van der Waals surface area contributed by atoms with Crippen molar-refractivity contribution < 1.29 is 14.6 Å². The first kappa shape index (κ1) is 12.7. The number of aliphatic hydroxyl groups is 1. The maximum atomic E-state index is 12.1. The number of para-hydroxylation sites is 1. The second kappa shape index (κ2) is 4.86. The van der Waals surface area contributed by atoms with Crippen molar-refractivity contribution in [3.05, 3.63) is 23.8 Å². The van der Waals surface area contributed by atoms with Crippen molar-refractivity contribution in [2.24, 2.45) is 0 Å². The fourth-order valence-electron chi connectivity index (χ4n) is 2.15. The summed E-state index contributed by atoms with van der Waals surface area (Å²) in [5.41, 5.74) is 6.11. The van der Waals surface area contributed by atoms with Crippen molar-refractivity contribution in [3.8, 4) is 5.75 Å². The van der Waals surface area contributed by atoms with Gasteiger partial charge in [0, 0.05) is 0 Å². The van der Waals surface area contributed by atoms with Crippen molar-refractivity contribution >= 4 is 11.6 Å². The number of rotatable bonds is 4. The van der Waals surface area contributed by atoms with Crippen LogP contribution < -0.4 is 15.8 Å². The van der Waals surface area contributed by atoms with E-state index in [0.717, 1.165) is 19.3 Å². The van der Waals surface area contributed by atoms with Crippen molar-refractivity contribution in [3.63, 3.8) is 0 Å². The average molecular weight is 250 g/mol. The second-order valence-corrected chi connectivity index (χ2v) is 4.67. The van der Waals surface area contributed by atoms with E-state index in [2.05, 4.69) is 5.32 Å². The molecular weight excluding hydrogens is 232 g/mol. The number of ether oxygens (including phenoxy) is 1. The van der Waals surface area contributed by atoms with Gasteiger partial charge in [-0.2, -0.15) is 0 Å². The van der Waals surface area contributed by atoms with Crippen molar-refractivity contribution in [1.82, 2.24) is 5.32 Å². The number of nitrogens with one attached hydrogen (secondary N) is 1. The van der Waals surface area contributed by atoms with E-state index < -0.39 is 5.54 Å². The minimum atomic E-state index is -0.466. The zero-order valence-corrected chi connectivity index (χ0v) is 10.4. The van der Waals surface area contributed by atoms with Gasteiger partial charge in [-0.25, -0.2) is 0 Å². The minimum Gasteiger partial charge on any atom is -0.495 e. The molecule has 1 fully saturated rings. The number of nitrogens with two attached hydrogens (primary N) is 1. The van der Waals surface area contributed by atoms with E-state index in [-0.39, 0.29) is 12.5 Å². The molecule has 1 aliphatic carbocycles. The molecule has 1 aromatic rings. The molecule has 5 heteroatoms. The van der Waals surface area contributed by atoms with Gasteiger partial charge in [0.2, 0.25) is 0 Å². The Morgan fingerprint density at radius 1 is 1.56 bits per heavy atom. The highest BCUT2D eigenvalue weighted by molar-refractivity contribution is 6.00. The molecule has 0 unspecified atom stereocenters. The number of methoxy groups -OCH3 is 1. The van der Waals surface area contributed by atoms with Crippen molar-refractivity contribution in [1.29, 1.82) is 0 Å². The Bertz CT molecular complexity index is 450. The van der Waals surface area contributed by atoms with Gasteiger partial charge < -0.3 is 20.9 Å². The molecule has 2 rings (SSSR count). The normalized spacial score (nSPS) is 16.8. The summed E-state index contributed by atoms with van der Waals surface area (Å²) in [6.45, 7) is -0.0391. The first-order valence-electron chi connectivity index (χ1n) is 5.98. The van der Waals surface area contributed by atoms with Crippen LogP contribution in [0.3, 0.4) is 0 Å². The minimum absolute atomic E-state index is 0.0391. The topological polar surface area (TPSA) is 84.6 Å². The Balaban J connectivity index is 2.19. The van der Waals surface area contributed by atoms with E-state index in [4.69, 9.17) is 10.5 Å². The number of carbonyl (C=O) groups excluding carboxylic acids is 1. The maximum Gasteiger partial charge on any atom is 0.254 e. The molecule has 4 N–H and O–H groups in total. The van der Waals surface area contributed by atoms with Crippen LogP contribution in [0, 0.1) is 0 Å². The Labute approximate surface area is 106 Å². The van der Waals surface area contributed by atoms with E-state index in [0.29, 0.717) is 17.0 Å². The van der Waals surface area contributed by atoms with Gasteiger partial charge in [-0.15, -0.1) is 0 Å². The Hall–Kier alpha value is -1.75. The maximum absolute atomic E-state index is 12.1. The lowest BCUT2D eigenvalue weighted by Crippen LogP contribution is -2.56. The lowest BCUT2D eigenvalue weighted by Gasteiger charge is -2.41. The van der Waals surface area contributed by atoms with Gasteiger partial charge in [-0.3, -0.25) is 4.79 Å². The highest BCUT2D eigenvalue weighted by Crippen LogP contribution is 2.32. The third-order valence-electron chi connectivity index (χ3n) is 3.52. The number of nitrogen functional groups attached to an aromatic ring is 1. The van der Waals surface area contributed by atoms with E-state index in [1.165, 1.54) is 7.11 Å². The second-order valence-electron chi connectivity index (χ2n) is 4.67. The summed E-state index contributed by atoms with van der Waals surface area (Å²) in [5.74, 6) is 0.217. The smallest absolute Gasteiger partial charge is 0.254 e. The quantitative estimate of drug-likeness (QED) is 0.694. The zero-order valence-electron chi connectivity index (χ0n) is 10.4. The molecule has 1 amide bonds. The average Bonchev–Trinajstić information content (AvgIpc) is 2.34. The predicted molar refractivity (Wildman–Crippen MR) is 68.5 cm³/mol. The van der Waals surface area contributed by atoms with Gasteiger partial charge in [-0.1, -0.05) is 6.07 Å². The molecule has 1 saturated carbocycles. The molecule has 0 bridgehead atoms. The zero-order chi connectivity index (χ0) is 13.2. The standard InChI is InChI=1S/C13H18N2O3/c1-18-10-5-2-4-9(11(10)14)12(17)15-13(8-16)6-3-7-13/h2,4-5,16H,3,6-8,14H2,1H3,(H,15,17). The molecule has 98 valence electrons. The Kier molecular flexibility index (Phi) is 3.43. The fourth-order valence-corrected chi connectivity index (χ4v) is 2.15. The molecule has 0 aliphatic heterocycles. The van der Waals surface area contributed by atoms with Gasteiger partial charge in [-0.05, 0) is 31.4 Å². The van der Waals surface area contributed by atoms with Crippen LogP contribution in [0.1, 0.15) is 29.6 Å². The van der Waals surface area contributed by atoms with E-state index in [1.807, 2.05) is 0 Å². The summed E-state index contributed by atoms with van der Waals surface area (Å²) < 4.78 is 5.08. The number of anilines is 1. The third-order valence-corrected chi connectivity index (χ3v) is 3.52. The lowest BCUT2D eigenvalue weighted by atomic mass is 9.77. The van der Waals surface area contributed by atoms with Gasteiger partial charge in [0.15, 0.2) is 0 Å². The number of aliphatic hydroxyl groups excluding tert-OH is 1. The van der Waals surface area contributed by atoms with Crippen LogP contribution in [0.5, 0.6) is 5.75 Å². The van der Waals surface area contributed by atoms with Gasteiger partial charge in [0.05, 0.1) is 30.5 Å². The van der Waals surface area contributed by atoms with Crippen molar-refractivity contribution in [2.45, 2.75) is 24.8 Å². The van der Waals surface area contributed by atoms with Crippen LogP contribution >= 0.6 is 0 Å². The van der Waals surface area contributed by atoms with Crippen molar-refractivity contribution in [2.75, 3.05) is 19.5 Å². The SMILES string of the molecule is COc1cccc(C(=O)NC2(CO)CCC2)c1N. The number of hydrogen-bond donors (Lipinski definition) is 3. The summed E-state index contributed by atoms with van der Waals surface area (Å²) in [5, 5.41) is 12.2. The van der Waals surface area contributed by atoms with Gasteiger partial charge >= 0.3 is 0 Å². The molecule has 0 saturated heterocycles. The van der Waals surface area contributed by atoms with Gasteiger partial charge in [0.25, 0.3) is 5.91 Å². The van der Waals surface area contributed by atoms with Crippen LogP contribution in [0.15, 0.2) is 18.2 Å². The Morgan fingerprint density at radius 3 is 2.78 bits per heavy atom. The molecule has 0 atom stereocenters. The molecular formula is C13H18N2O3. The van der Waals surface area contributed by atoms with Crippen LogP contribution in [-0.2, 0) is 0 Å². The number of benzene rings is 1. The van der Waals surface area contributed by atoms with E-state index in [1.54, 1.807) is 18.2 Å². The molecule has 1 aliphatic rings. The van der Waals surface area contributed by atoms with E-state index in [9.17, 15) is 9.90 Å². The highest BCUT2D eigenvalue weighted by atomic mass is 16.5. The summed E-state index contributed by atoms with van der Waals surface area (Å²) in [6, 6.07) is 5.07. The molecule has 0 heterocycles. The lowest BCUT2D eigenvalue weighted by molar-refractivity contribution is 0.0642. The van der Waals surface area contributed by atoms with Crippen LogP contribution in [0.2, 0.25) is 0 Å². The number of amides is 1. The number of hydrogen-bond acceptors (Lipinski definition) is 4. The summed E-state index contributed by atoms with van der Waals surface area (Å²) in [7, 11) is 1.51. The molecule has 5 nitrogen and oxygen atoms in total. The fraction of sp³-hybridized carbons (Fsp3) is 0.462. The molecule has 0 spiro atoms. The molecule has 0 radical (unpaired) electrons. The summed E-state index contributed by atoms with van der Waals surface area (Å²) in [6.07, 6.45) is 2.63. The third kappa shape index (κ3) is 2.13. The largest absolute Gasteiger partial charge is 0.495 e. The first-order chi connectivity index (χ1) is 8.62. The monoisotopic (exact) mass is 250 g/mol. The molecule has 0 aromatic heterocycles. The van der Waals surface area contributed by atoms with Crippen LogP contribution in [0.25, 0.3) is 0 Å². The number of carbonyl (C=O) groups is 1. The van der Waals surface area contributed by atoms with E-state index >= 15 is 0 Å². The highest BCUT2D eigenvalue weighted by Gasteiger charge is 2.38. The predicted octanol–water partition coefficient (Wildman–Crippen LogP) is 0.922.